The van der Waals surface area contributed by atoms with Crippen molar-refractivity contribution >= 4 is 13.6 Å². The zero-order valence-electron chi connectivity index (χ0n) is 10.3. The highest BCUT2D eigenvalue weighted by molar-refractivity contribution is 7.51. The summed E-state index contributed by atoms with van der Waals surface area (Å²) in [6.07, 6.45) is 6.22. The van der Waals surface area contributed by atoms with Crippen LogP contribution in [0.25, 0.3) is 11.1 Å². The number of aromatic nitrogens is 2. The molecule has 3 N–H and O–H groups in total. The van der Waals surface area contributed by atoms with Gasteiger partial charge in [-0.3, -0.25) is 9.78 Å². The third-order valence-electron chi connectivity index (χ3n) is 2.07. The SMILES string of the molecule is O=C(O)CP(=O)([O-])O.c1cc(-c2cc[nH+]cc2)ccn1. The summed E-state index contributed by atoms with van der Waals surface area (Å²) in [5.74, 6) is -1.55. The largest absolute Gasteiger partial charge is 0.778 e. The molecule has 0 bridgehead atoms. The van der Waals surface area contributed by atoms with Gasteiger partial charge in [0.15, 0.2) is 12.4 Å². The molecule has 7 nitrogen and oxygen atoms in total. The Kier molecular flexibility index (Phi) is 5.99. The number of hydrogen-bond donors (Lipinski definition) is 2. The average molecular weight is 296 g/mol. The zero-order valence-corrected chi connectivity index (χ0v) is 11.2. The minimum absolute atomic E-state index is 1.19. The minimum atomic E-state index is -4.57. The Morgan fingerprint density at radius 1 is 1.20 bits per heavy atom. The molecule has 2 rings (SSSR count). The highest BCUT2D eigenvalue weighted by atomic mass is 31.2. The summed E-state index contributed by atoms with van der Waals surface area (Å²) in [5, 5.41) is 7.72. The predicted molar refractivity (Wildman–Crippen MR) is 68.6 cm³/mol. The Bertz CT molecular complexity index is 548. The molecular weight excluding hydrogens is 283 g/mol. The molecule has 0 spiro atoms. The van der Waals surface area contributed by atoms with Gasteiger partial charge in [0, 0.05) is 24.5 Å². The number of carboxylic acid groups (broad SMARTS) is 1. The van der Waals surface area contributed by atoms with Crippen LogP contribution in [0.15, 0.2) is 49.1 Å². The molecule has 0 saturated heterocycles. The third kappa shape index (κ3) is 6.75. The number of rotatable bonds is 3. The first kappa shape index (κ1) is 16.0. The van der Waals surface area contributed by atoms with Gasteiger partial charge in [-0.1, -0.05) is 0 Å². The minimum Gasteiger partial charge on any atom is -0.778 e. The van der Waals surface area contributed by atoms with Gasteiger partial charge < -0.3 is 19.5 Å². The van der Waals surface area contributed by atoms with Gasteiger partial charge in [-0.05, 0) is 23.3 Å². The maximum atomic E-state index is 9.64. The Hall–Kier alpha value is -2.08. The molecule has 8 heteroatoms. The van der Waals surface area contributed by atoms with Crippen LogP contribution in [0.4, 0.5) is 0 Å². The van der Waals surface area contributed by atoms with Crippen molar-refractivity contribution in [1.82, 2.24) is 4.98 Å². The number of H-pyrrole nitrogens is 1. The van der Waals surface area contributed by atoms with Gasteiger partial charge in [0.1, 0.15) is 13.8 Å². The van der Waals surface area contributed by atoms with Crippen molar-refractivity contribution < 1.29 is 29.2 Å². The second kappa shape index (κ2) is 7.49. The van der Waals surface area contributed by atoms with E-state index in [1.165, 1.54) is 11.1 Å². The van der Waals surface area contributed by atoms with Crippen LogP contribution >= 0.6 is 7.60 Å². The van der Waals surface area contributed by atoms with Crippen LogP contribution in [0.1, 0.15) is 0 Å². The van der Waals surface area contributed by atoms with Crippen LogP contribution in [0, 0.1) is 0 Å². The van der Waals surface area contributed by atoms with Crippen molar-refractivity contribution in [3.05, 3.63) is 49.1 Å². The van der Waals surface area contributed by atoms with Gasteiger partial charge in [0.2, 0.25) is 0 Å². The van der Waals surface area contributed by atoms with E-state index in [0.717, 1.165) is 0 Å². The van der Waals surface area contributed by atoms with Crippen molar-refractivity contribution in [2.24, 2.45) is 0 Å². The molecule has 1 unspecified atom stereocenters. The van der Waals surface area contributed by atoms with Gasteiger partial charge in [-0.25, -0.2) is 4.98 Å². The van der Waals surface area contributed by atoms with Gasteiger partial charge in [-0.2, -0.15) is 0 Å². The maximum absolute atomic E-state index is 9.64. The predicted octanol–water partition coefficient (Wildman–Crippen LogP) is 0.179. The average Bonchev–Trinajstić information content (AvgIpc) is 2.39. The summed E-state index contributed by atoms with van der Waals surface area (Å²) in [6.45, 7) is 0. The molecule has 0 radical (unpaired) electrons. The Morgan fingerprint density at radius 3 is 2.10 bits per heavy atom. The van der Waals surface area contributed by atoms with E-state index in [-0.39, 0.29) is 0 Å². The summed E-state index contributed by atoms with van der Waals surface area (Å²) in [4.78, 5) is 33.9. The Morgan fingerprint density at radius 2 is 1.70 bits per heavy atom. The quantitative estimate of drug-likeness (QED) is 0.778. The summed E-state index contributed by atoms with van der Waals surface area (Å²) in [5.41, 5.74) is 2.40. The molecule has 2 aromatic heterocycles. The van der Waals surface area contributed by atoms with Crippen LogP contribution < -0.4 is 9.88 Å². The molecular formula is C12H13N2O5P. The van der Waals surface area contributed by atoms with Crippen LogP contribution in [-0.2, 0) is 9.36 Å². The number of nitrogens with one attached hydrogen (secondary N) is 1. The second-order valence-corrected chi connectivity index (χ2v) is 5.31. The molecule has 20 heavy (non-hydrogen) atoms. The van der Waals surface area contributed by atoms with E-state index >= 15 is 0 Å². The van der Waals surface area contributed by atoms with Crippen molar-refractivity contribution in [2.75, 3.05) is 6.16 Å². The molecule has 2 heterocycles. The Labute approximate surface area is 115 Å². The fraction of sp³-hybridized carbons (Fsp3) is 0.0833. The number of nitrogens with zero attached hydrogens (tertiary/aromatic N) is 1. The molecule has 0 aliphatic rings. The lowest BCUT2D eigenvalue weighted by Gasteiger charge is -2.10. The summed E-state index contributed by atoms with van der Waals surface area (Å²) in [7, 11) is -4.57. The van der Waals surface area contributed by atoms with E-state index in [1.54, 1.807) is 12.4 Å². The third-order valence-corrected chi connectivity index (χ3v) is 2.74. The van der Waals surface area contributed by atoms with E-state index < -0.39 is 19.7 Å². The summed E-state index contributed by atoms with van der Waals surface area (Å²) in [6, 6.07) is 8.06. The first-order valence-corrected chi connectivity index (χ1v) is 7.26. The maximum Gasteiger partial charge on any atom is 0.311 e. The zero-order chi connectivity index (χ0) is 15.0. The monoisotopic (exact) mass is 296 g/mol. The Balaban J connectivity index is 0.000000221. The van der Waals surface area contributed by atoms with E-state index in [0.29, 0.717) is 0 Å². The first-order chi connectivity index (χ1) is 9.38. The first-order valence-electron chi connectivity index (χ1n) is 5.49. The van der Waals surface area contributed by atoms with Gasteiger partial charge >= 0.3 is 5.97 Å². The molecule has 0 aliphatic heterocycles. The summed E-state index contributed by atoms with van der Waals surface area (Å²) >= 11 is 0. The van der Waals surface area contributed by atoms with Gasteiger partial charge in [0.05, 0.1) is 0 Å². The number of aromatic amines is 1. The summed E-state index contributed by atoms with van der Waals surface area (Å²) < 4.78 is 9.64. The molecule has 0 saturated carbocycles. The van der Waals surface area contributed by atoms with Crippen molar-refractivity contribution in [3.63, 3.8) is 0 Å². The van der Waals surface area contributed by atoms with Gasteiger partial charge in [-0.15, -0.1) is 0 Å². The smallest absolute Gasteiger partial charge is 0.311 e. The normalized spacial score (nSPS) is 12.7. The van der Waals surface area contributed by atoms with E-state index in [9.17, 15) is 14.3 Å². The number of aliphatic carboxylic acids is 1. The molecule has 0 amide bonds. The fourth-order valence-electron chi connectivity index (χ4n) is 1.29. The van der Waals surface area contributed by atoms with Crippen molar-refractivity contribution in [2.45, 2.75) is 0 Å². The van der Waals surface area contributed by atoms with Crippen molar-refractivity contribution in [1.29, 1.82) is 0 Å². The van der Waals surface area contributed by atoms with E-state index in [2.05, 4.69) is 9.97 Å². The standard InChI is InChI=1S/C10H8N2.C2H5O5P/c1-5-11-6-2-9(1)10-3-7-12-8-4-10;3-2(4)1-8(5,6)7/h1-8H;1H2,(H,3,4)(H2,5,6,7). The molecule has 2 aromatic rings. The van der Waals surface area contributed by atoms with Gasteiger partial charge in [0.25, 0.3) is 0 Å². The lowest BCUT2D eigenvalue weighted by Crippen LogP contribution is -2.11. The lowest BCUT2D eigenvalue weighted by molar-refractivity contribution is -0.377. The molecule has 0 aromatic carbocycles. The van der Waals surface area contributed by atoms with Crippen LogP contribution in [0.5, 0.6) is 0 Å². The molecule has 1 atom stereocenters. The topological polar surface area (TPSA) is 125 Å². The van der Waals surface area contributed by atoms with E-state index in [4.69, 9.17) is 10.00 Å². The molecule has 106 valence electrons. The van der Waals surface area contributed by atoms with Crippen molar-refractivity contribution in [3.8, 4) is 11.1 Å². The van der Waals surface area contributed by atoms with Crippen LogP contribution in [0.3, 0.4) is 0 Å². The molecule has 0 aliphatic carbocycles. The fourth-order valence-corrected chi connectivity index (χ4v) is 1.64. The number of pyridine rings is 2. The lowest BCUT2D eigenvalue weighted by atomic mass is 10.1. The second-order valence-electron chi connectivity index (χ2n) is 3.71. The highest BCUT2D eigenvalue weighted by Gasteiger charge is 2.06. The molecule has 0 fully saturated rings. The van der Waals surface area contributed by atoms with Crippen LogP contribution in [-0.4, -0.2) is 27.1 Å². The van der Waals surface area contributed by atoms with E-state index in [1.807, 2.05) is 36.7 Å². The number of carbonyl (C=O) groups is 1. The van der Waals surface area contributed by atoms with Crippen LogP contribution in [0.2, 0.25) is 0 Å². The number of hydrogen-bond acceptors (Lipinski definition) is 4. The number of carboxylic acids is 1. The highest BCUT2D eigenvalue weighted by Crippen LogP contribution is 2.27.